The van der Waals surface area contributed by atoms with Crippen molar-refractivity contribution >= 4 is 0 Å². The second-order valence-electron chi connectivity index (χ2n) is 5.98. The number of likely N-dealkylation sites (tertiary alicyclic amines) is 1. The van der Waals surface area contributed by atoms with Crippen LogP contribution in [0.5, 0.6) is 0 Å². The third kappa shape index (κ3) is 10.4. The number of nitrogens with zero attached hydrogens (tertiary/aromatic N) is 3. The molecule has 0 aromatic carbocycles. The second kappa shape index (κ2) is 16.7. The number of hydrogen-bond acceptors (Lipinski definition) is 3. The molecule has 0 aromatic heterocycles. The van der Waals surface area contributed by atoms with Crippen molar-refractivity contribution in [1.29, 1.82) is 0 Å². The standard InChI is InChI=1S/C14H29N3.3C2H6/c1-4-17-10-9-16(11-13(17)2)12-14-5-7-15(3)8-6-14;3*1-2/h13-14H,4-12H2,1-3H3;3*1-2H3/t13-;;;/m0.../s1. The van der Waals surface area contributed by atoms with Crippen LogP contribution in [-0.2, 0) is 0 Å². The number of hydrogen-bond donors (Lipinski definition) is 0. The van der Waals surface area contributed by atoms with Gasteiger partial charge in [-0.2, -0.15) is 0 Å². The first-order valence-corrected chi connectivity index (χ1v) is 10.3. The maximum Gasteiger partial charge on any atom is 0.0195 e. The fourth-order valence-corrected chi connectivity index (χ4v) is 3.32. The van der Waals surface area contributed by atoms with Gasteiger partial charge in [0.2, 0.25) is 0 Å². The molecule has 1 atom stereocenters. The summed E-state index contributed by atoms with van der Waals surface area (Å²) in [5.74, 6) is 0.951. The number of piperidine rings is 1. The summed E-state index contributed by atoms with van der Waals surface area (Å²) in [5.41, 5.74) is 0. The number of rotatable bonds is 3. The van der Waals surface area contributed by atoms with E-state index in [1.54, 1.807) is 0 Å². The normalized spacial score (nSPS) is 23.6. The topological polar surface area (TPSA) is 9.72 Å². The SMILES string of the molecule is CC.CC.CC.CCN1CCN(CC2CCN(C)CC2)C[C@@H]1C. The molecule has 0 radical (unpaired) electrons. The fraction of sp³-hybridized carbons (Fsp3) is 1.00. The van der Waals surface area contributed by atoms with E-state index in [-0.39, 0.29) is 0 Å². The van der Waals surface area contributed by atoms with Gasteiger partial charge < -0.3 is 9.80 Å². The lowest BCUT2D eigenvalue weighted by molar-refractivity contribution is 0.0669. The molecule has 0 saturated carbocycles. The molecule has 0 spiro atoms. The highest BCUT2D eigenvalue weighted by molar-refractivity contribution is 4.81. The van der Waals surface area contributed by atoms with Gasteiger partial charge in [-0.3, -0.25) is 4.90 Å². The zero-order valence-electron chi connectivity index (χ0n) is 17.9. The zero-order chi connectivity index (χ0) is 18.3. The fourth-order valence-electron chi connectivity index (χ4n) is 3.32. The highest BCUT2D eigenvalue weighted by atomic mass is 15.3. The summed E-state index contributed by atoms with van der Waals surface area (Å²) in [6, 6.07) is 0.750. The highest BCUT2D eigenvalue weighted by Crippen LogP contribution is 2.19. The van der Waals surface area contributed by atoms with Gasteiger partial charge in [0.25, 0.3) is 0 Å². The average Bonchev–Trinajstić information content (AvgIpc) is 2.62. The number of piperazine rings is 1. The second-order valence-corrected chi connectivity index (χ2v) is 5.98. The Morgan fingerprint density at radius 2 is 1.35 bits per heavy atom. The molecule has 0 amide bonds. The maximum atomic E-state index is 2.70. The highest BCUT2D eigenvalue weighted by Gasteiger charge is 2.25. The van der Waals surface area contributed by atoms with Crippen LogP contribution in [0.3, 0.4) is 0 Å². The lowest BCUT2D eigenvalue weighted by Crippen LogP contribution is -2.53. The lowest BCUT2D eigenvalue weighted by atomic mass is 9.96. The minimum Gasteiger partial charge on any atom is -0.306 e. The summed E-state index contributed by atoms with van der Waals surface area (Å²) < 4.78 is 0. The monoisotopic (exact) mass is 329 g/mol. The average molecular weight is 330 g/mol. The third-order valence-electron chi connectivity index (χ3n) is 4.61. The van der Waals surface area contributed by atoms with E-state index in [9.17, 15) is 0 Å². The zero-order valence-corrected chi connectivity index (χ0v) is 17.9. The molecule has 0 aromatic rings. The summed E-state index contributed by atoms with van der Waals surface area (Å²) >= 11 is 0. The van der Waals surface area contributed by atoms with Crippen LogP contribution in [0.25, 0.3) is 0 Å². The molecular weight excluding hydrogens is 282 g/mol. The van der Waals surface area contributed by atoms with Crippen molar-refractivity contribution in [2.24, 2.45) is 5.92 Å². The molecule has 0 bridgehead atoms. The first kappa shape index (κ1) is 25.1. The molecule has 3 nitrogen and oxygen atoms in total. The van der Waals surface area contributed by atoms with Crippen LogP contribution in [0, 0.1) is 5.92 Å². The predicted octanol–water partition coefficient (Wildman–Crippen LogP) is 4.43. The lowest BCUT2D eigenvalue weighted by Gasteiger charge is -2.41. The van der Waals surface area contributed by atoms with Crippen molar-refractivity contribution in [2.75, 3.05) is 52.9 Å². The van der Waals surface area contributed by atoms with Crippen molar-refractivity contribution < 1.29 is 0 Å². The summed E-state index contributed by atoms with van der Waals surface area (Å²) in [7, 11) is 2.25. The van der Waals surface area contributed by atoms with Crippen LogP contribution in [-0.4, -0.2) is 73.6 Å². The van der Waals surface area contributed by atoms with E-state index in [0.29, 0.717) is 0 Å². The molecule has 2 aliphatic rings. The summed E-state index contributed by atoms with van der Waals surface area (Å²) in [5, 5.41) is 0. The molecular formula is C20H47N3. The van der Waals surface area contributed by atoms with Crippen LogP contribution in [0.1, 0.15) is 68.2 Å². The maximum absolute atomic E-state index is 2.70. The van der Waals surface area contributed by atoms with Gasteiger partial charge in [0.05, 0.1) is 0 Å². The summed E-state index contributed by atoms with van der Waals surface area (Å²) in [6.45, 7) is 25.6. The largest absolute Gasteiger partial charge is 0.306 e. The number of likely N-dealkylation sites (N-methyl/N-ethyl adjacent to an activating group) is 1. The minimum atomic E-state index is 0.750. The minimum absolute atomic E-state index is 0.750. The Morgan fingerprint density at radius 3 is 1.78 bits per heavy atom. The Balaban J connectivity index is 0. The van der Waals surface area contributed by atoms with E-state index >= 15 is 0 Å². The molecule has 0 N–H and O–H groups in total. The van der Waals surface area contributed by atoms with Crippen LogP contribution in [0.2, 0.25) is 0 Å². The van der Waals surface area contributed by atoms with Crippen molar-refractivity contribution in [2.45, 2.75) is 74.3 Å². The van der Waals surface area contributed by atoms with Crippen molar-refractivity contribution in [3.05, 3.63) is 0 Å². The molecule has 2 rings (SSSR count). The molecule has 2 heterocycles. The third-order valence-corrected chi connectivity index (χ3v) is 4.61. The van der Waals surface area contributed by atoms with E-state index in [1.165, 1.54) is 58.7 Å². The first-order chi connectivity index (χ1) is 11.2. The van der Waals surface area contributed by atoms with Gasteiger partial charge in [0, 0.05) is 32.2 Å². The molecule has 0 aliphatic carbocycles. The molecule has 2 aliphatic heterocycles. The Kier molecular flexibility index (Phi) is 18.3. The van der Waals surface area contributed by atoms with Crippen molar-refractivity contribution in [3.63, 3.8) is 0 Å². The van der Waals surface area contributed by atoms with E-state index in [1.807, 2.05) is 41.5 Å². The Hall–Kier alpha value is -0.120. The quantitative estimate of drug-likeness (QED) is 0.758. The van der Waals surface area contributed by atoms with Gasteiger partial charge in [-0.1, -0.05) is 48.5 Å². The van der Waals surface area contributed by atoms with Gasteiger partial charge in [-0.15, -0.1) is 0 Å². The van der Waals surface area contributed by atoms with Crippen LogP contribution >= 0.6 is 0 Å². The Bertz CT molecular complexity index is 225. The Labute approximate surface area is 148 Å². The summed E-state index contributed by atoms with van der Waals surface area (Å²) in [4.78, 5) is 7.77. The molecule has 0 unspecified atom stereocenters. The van der Waals surface area contributed by atoms with Gasteiger partial charge >= 0.3 is 0 Å². The molecule has 2 saturated heterocycles. The molecule has 2 fully saturated rings. The van der Waals surface area contributed by atoms with Gasteiger partial charge in [0.15, 0.2) is 0 Å². The van der Waals surface area contributed by atoms with Crippen LogP contribution in [0.4, 0.5) is 0 Å². The molecule has 3 heteroatoms. The smallest absolute Gasteiger partial charge is 0.0195 e. The van der Waals surface area contributed by atoms with Crippen molar-refractivity contribution in [1.82, 2.24) is 14.7 Å². The molecule has 23 heavy (non-hydrogen) atoms. The van der Waals surface area contributed by atoms with Crippen molar-refractivity contribution in [3.8, 4) is 0 Å². The molecule has 142 valence electrons. The van der Waals surface area contributed by atoms with Gasteiger partial charge in [0.1, 0.15) is 0 Å². The first-order valence-electron chi connectivity index (χ1n) is 10.3. The van der Waals surface area contributed by atoms with Crippen LogP contribution < -0.4 is 0 Å². The summed E-state index contributed by atoms with van der Waals surface area (Å²) in [6.07, 6.45) is 2.80. The van der Waals surface area contributed by atoms with Crippen LogP contribution in [0.15, 0.2) is 0 Å². The predicted molar refractivity (Wildman–Crippen MR) is 107 cm³/mol. The van der Waals surface area contributed by atoms with Gasteiger partial charge in [-0.05, 0) is 52.4 Å². The van der Waals surface area contributed by atoms with E-state index in [0.717, 1.165) is 12.0 Å². The van der Waals surface area contributed by atoms with Gasteiger partial charge in [-0.25, -0.2) is 0 Å². The Morgan fingerprint density at radius 1 is 0.826 bits per heavy atom. The van der Waals surface area contributed by atoms with E-state index in [2.05, 4.69) is 35.6 Å². The van der Waals surface area contributed by atoms with E-state index in [4.69, 9.17) is 0 Å². The van der Waals surface area contributed by atoms with E-state index < -0.39 is 0 Å².